The smallest absolute Gasteiger partial charge is 0.249 e. The lowest BCUT2D eigenvalue weighted by Crippen LogP contribution is -2.25. The molecule has 0 saturated heterocycles. The molecule has 0 radical (unpaired) electrons. The van der Waals surface area contributed by atoms with Crippen LogP contribution in [0, 0.1) is 0 Å². The lowest BCUT2D eigenvalue weighted by Gasteiger charge is -2.23. The van der Waals surface area contributed by atoms with Gasteiger partial charge in [0.2, 0.25) is 11.7 Å². The minimum Gasteiger partial charge on any atom is -0.493 e. The number of rotatable bonds is 6. The van der Waals surface area contributed by atoms with Crippen LogP contribution >= 0.6 is 0 Å². The highest BCUT2D eigenvalue weighted by Crippen LogP contribution is 2.41. The van der Waals surface area contributed by atoms with Gasteiger partial charge in [-0.2, -0.15) is 10.1 Å². The molecule has 1 N–H and O–H groups in total. The lowest BCUT2D eigenvalue weighted by atomic mass is 10.1. The fourth-order valence-electron chi connectivity index (χ4n) is 3.66. The number of aromatic nitrogens is 3. The largest absolute Gasteiger partial charge is 0.493 e. The molecular weight excluding hydrogens is 370 g/mol. The highest BCUT2D eigenvalue weighted by atomic mass is 16.5. The van der Waals surface area contributed by atoms with Crippen molar-refractivity contribution in [2.45, 2.75) is 19.4 Å². The van der Waals surface area contributed by atoms with E-state index < -0.39 is 0 Å². The van der Waals surface area contributed by atoms with Crippen molar-refractivity contribution in [3.8, 4) is 17.2 Å². The summed E-state index contributed by atoms with van der Waals surface area (Å²) in [7, 11) is 4.72. The molecular formula is C21H23N5O3. The van der Waals surface area contributed by atoms with Gasteiger partial charge in [-0.3, -0.25) is 0 Å². The maximum absolute atomic E-state index is 5.41. The quantitative estimate of drug-likeness (QED) is 0.679. The summed E-state index contributed by atoms with van der Waals surface area (Å²) in [5.41, 5.74) is 3.16. The molecule has 0 saturated carbocycles. The van der Waals surface area contributed by atoms with Gasteiger partial charge in [0.05, 0.1) is 27.5 Å². The average Bonchev–Trinajstić information content (AvgIpc) is 3.08. The topological polar surface area (TPSA) is 81.6 Å². The summed E-state index contributed by atoms with van der Waals surface area (Å²) in [6, 6.07) is 12.2. The Bertz CT molecular complexity index is 1000. The van der Waals surface area contributed by atoms with Crippen molar-refractivity contribution in [1.82, 2.24) is 15.2 Å². The molecule has 8 nitrogen and oxygen atoms in total. The van der Waals surface area contributed by atoms with Crippen molar-refractivity contribution >= 4 is 23.1 Å². The molecule has 0 amide bonds. The van der Waals surface area contributed by atoms with E-state index in [1.54, 1.807) is 39.7 Å². The Balaban J connectivity index is 1.66. The predicted octanol–water partition coefficient (Wildman–Crippen LogP) is 3.72. The van der Waals surface area contributed by atoms with Gasteiger partial charge in [-0.05, 0) is 25.0 Å². The number of fused-ring (bicyclic) bond motifs is 1. The summed E-state index contributed by atoms with van der Waals surface area (Å²) < 4.78 is 16.2. The van der Waals surface area contributed by atoms with Crippen molar-refractivity contribution in [1.29, 1.82) is 0 Å². The third kappa shape index (κ3) is 3.49. The molecule has 2 heterocycles. The number of benzene rings is 2. The molecule has 0 bridgehead atoms. The van der Waals surface area contributed by atoms with Gasteiger partial charge in [-0.1, -0.05) is 18.2 Å². The van der Waals surface area contributed by atoms with Crippen LogP contribution in [0.15, 0.2) is 42.6 Å². The molecule has 1 atom stereocenters. The molecule has 0 fully saturated rings. The van der Waals surface area contributed by atoms with Crippen LogP contribution in [0.25, 0.3) is 0 Å². The van der Waals surface area contributed by atoms with E-state index in [0.29, 0.717) is 28.9 Å². The van der Waals surface area contributed by atoms with E-state index in [9.17, 15) is 0 Å². The van der Waals surface area contributed by atoms with Gasteiger partial charge in [0.15, 0.2) is 17.3 Å². The van der Waals surface area contributed by atoms with Crippen LogP contribution in [0.4, 0.5) is 23.1 Å². The van der Waals surface area contributed by atoms with E-state index in [4.69, 9.17) is 14.2 Å². The first-order chi connectivity index (χ1) is 14.1. The summed E-state index contributed by atoms with van der Waals surface area (Å²) in [6.45, 7) is 2.18. The van der Waals surface area contributed by atoms with E-state index in [1.165, 1.54) is 5.56 Å². The Hall–Kier alpha value is -3.55. The number of nitrogens with zero attached hydrogens (tertiary/aromatic N) is 4. The number of para-hydroxylation sites is 1. The van der Waals surface area contributed by atoms with Gasteiger partial charge in [0.25, 0.3) is 0 Å². The van der Waals surface area contributed by atoms with Gasteiger partial charge in [0, 0.05) is 29.5 Å². The monoisotopic (exact) mass is 393 g/mol. The maximum atomic E-state index is 5.41. The molecule has 150 valence electrons. The number of nitrogens with one attached hydrogen (secondary N) is 1. The Morgan fingerprint density at radius 2 is 1.76 bits per heavy atom. The Kier molecular flexibility index (Phi) is 5.07. The molecule has 0 spiro atoms. The molecule has 1 aliphatic rings. The maximum Gasteiger partial charge on any atom is 0.249 e. The highest BCUT2D eigenvalue weighted by molar-refractivity contribution is 5.70. The third-order valence-corrected chi connectivity index (χ3v) is 4.92. The molecule has 0 aliphatic carbocycles. The van der Waals surface area contributed by atoms with Crippen LogP contribution in [0.1, 0.15) is 12.5 Å². The number of ether oxygens (including phenoxy) is 3. The lowest BCUT2D eigenvalue weighted by molar-refractivity contribution is 0.324. The summed E-state index contributed by atoms with van der Waals surface area (Å²) >= 11 is 0. The number of hydrogen-bond acceptors (Lipinski definition) is 8. The van der Waals surface area contributed by atoms with Gasteiger partial charge in [-0.25, -0.2) is 0 Å². The first-order valence-corrected chi connectivity index (χ1v) is 9.28. The van der Waals surface area contributed by atoms with Crippen molar-refractivity contribution in [3.05, 3.63) is 48.2 Å². The average molecular weight is 393 g/mol. The summed E-state index contributed by atoms with van der Waals surface area (Å²) in [6.07, 6.45) is 2.65. The summed E-state index contributed by atoms with van der Waals surface area (Å²) in [4.78, 5) is 6.87. The Morgan fingerprint density at radius 3 is 2.45 bits per heavy atom. The second-order valence-electron chi connectivity index (χ2n) is 6.73. The molecule has 1 aliphatic heterocycles. The Morgan fingerprint density at radius 1 is 1.03 bits per heavy atom. The van der Waals surface area contributed by atoms with E-state index >= 15 is 0 Å². The molecule has 2 aromatic carbocycles. The standard InChI is InChI=1S/C21H23N5O3/c1-13-9-14-7-5-6-8-16(14)26(13)19-12-22-25-21(24-19)23-15-10-17(27-2)20(29-4)18(11-15)28-3/h5-8,10-13H,9H2,1-4H3,(H,23,24,25). The van der Waals surface area contributed by atoms with Gasteiger partial charge in [0.1, 0.15) is 0 Å². The molecule has 1 aromatic heterocycles. The van der Waals surface area contributed by atoms with Crippen molar-refractivity contribution in [2.24, 2.45) is 0 Å². The van der Waals surface area contributed by atoms with Crippen molar-refractivity contribution in [3.63, 3.8) is 0 Å². The van der Waals surface area contributed by atoms with Crippen molar-refractivity contribution < 1.29 is 14.2 Å². The number of methoxy groups -OCH3 is 3. The normalized spacial score (nSPS) is 15.0. The highest BCUT2D eigenvalue weighted by Gasteiger charge is 2.28. The van der Waals surface area contributed by atoms with Gasteiger partial charge in [-0.15, -0.1) is 5.10 Å². The van der Waals surface area contributed by atoms with Crippen LogP contribution in [-0.2, 0) is 6.42 Å². The fourth-order valence-corrected chi connectivity index (χ4v) is 3.66. The Labute approximate surface area is 169 Å². The van der Waals surface area contributed by atoms with Crippen LogP contribution < -0.4 is 24.4 Å². The molecule has 4 rings (SSSR count). The van der Waals surface area contributed by atoms with Crippen LogP contribution in [0.5, 0.6) is 17.2 Å². The summed E-state index contributed by atoms with van der Waals surface area (Å²) in [5.74, 6) is 2.73. The molecule has 1 unspecified atom stereocenters. The second-order valence-corrected chi connectivity index (χ2v) is 6.73. The summed E-state index contributed by atoms with van der Waals surface area (Å²) in [5, 5.41) is 11.5. The van der Waals surface area contributed by atoms with E-state index in [1.807, 2.05) is 6.07 Å². The number of anilines is 4. The van der Waals surface area contributed by atoms with Crippen LogP contribution in [-0.4, -0.2) is 42.6 Å². The van der Waals surface area contributed by atoms with Crippen LogP contribution in [0.3, 0.4) is 0 Å². The molecule has 29 heavy (non-hydrogen) atoms. The molecule has 8 heteroatoms. The second kappa shape index (κ2) is 7.83. The van der Waals surface area contributed by atoms with Gasteiger partial charge >= 0.3 is 0 Å². The van der Waals surface area contributed by atoms with Gasteiger partial charge < -0.3 is 24.4 Å². The first-order valence-electron chi connectivity index (χ1n) is 9.28. The fraction of sp³-hybridized carbons (Fsp3) is 0.286. The van der Waals surface area contributed by atoms with E-state index in [0.717, 1.165) is 17.9 Å². The van der Waals surface area contributed by atoms with Crippen LogP contribution in [0.2, 0.25) is 0 Å². The van der Waals surface area contributed by atoms with Crippen molar-refractivity contribution in [2.75, 3.05) is 31.5 Å². The zero-order valence-electron chi connectivity index (χ0n) is 16.8. The van der Waals surface area contributed by atoms with E-state index in [2.05, 4.69) is 50.5 Å². The predicted molar refractivity (Wildman–Crippen MR) is 111 cm³/mol. The minimum atomic E-state index is 0.290. The number of hydrogen-bond donors (Lipinski definition) is 1. The molecule has 3 aromatic rings. The third-order valence-electron chi connectivity index (χ3n) is 4.92. The minimum absolute atomic E-state index is 0.290. The SMILES string of the molecule is COc1cc(Nc2nncc(N3c4ccccc4CC3C)n2)cc(OC)c1OC. The zero-order chi connectivity index (χ0) is 20.4. The zero-order valence-corrected chi connectivity index (χ0v) is 16.8. The first kappa shape index (κ1) is 18.8. The van der Waals surface area contributed by atoms with E-state index in [-0.39, 0.29) is 6.04 Å².